The molecule has 1 aliphatic rings. The molecule has 0 saturated carbocycles. The van der Waals surface area contributed by atoms with E-state index in [1.54, 1.807) is 11.3 Å². The standard InChI is InChI=1S/C14H16N2OS/c1-10-16-13(9-18-10)8-15-7-11-2-3-14-12(6-11)4-5-17-14/h2-3,6,9,15H,4-5,7-8H2,1H3. The predicted octanol–water partition coefficient (Wildman–Crippen LogP) is 2.68. The van der Waals surface area contributed by atoms with Gasteiger partial charge in [-0.1, -0.05) is 12.1 Å². The molecule has 0 amide bonds. The molecule has 0 bridgehead atoms. The van der Waals surface area contributed by atoms with Gasteiger partial charge < -0.3 is 10.1 Å². The topological polar surface area (TPSA) is 34.2 Å². The Morgan fingerprint density at radius 3 is 3.17 bits per heavy atom. The molecule has 1 aliphatic heterocycles. The van der Waals surface area contributed by atoms with Crippen molar-refractivity contribution in [2.24, 2.45) is 0 Å². The summed E-state index contributed by atoms with van der Waals surface area (Å²) in [6.45, 7) is 4.57. The highest BCUT2D eigenvalue weighted by atomic mass is 32.1. The first-order valence-electron chi connectivity index (χ1n) is 6.17. The van der Waals surface area contributed by atoms with E-state index in [4.69, 9.17) is 4.74 Å². The van der Waals surface area contributed by atoms with Crippen molar-refractivity contribution in [1.29, 1.82) is 0 Å². The van der Waals surface area contributed by atoms with Crippen molar-refractivity contribution in [3.63, 3.8) is 0 Å². The molecule has 4 heteroatoms. The third kappa shape index (κ3) is 2.54. The minimum absolute atomic E-state index is 0.824. The van der Waals surface area contributed by atoms with Gasteiger partial charge in [0.25, 0.3) is 0 Å². The average molecular weight is 260 g/mol. The highest BCUT2D eigenvalue weighted by Crippen LogP contribution is 2.25. The van der Waals surface area contributed by atoms with Gasteiger partial charge in [0.05, 0.1) is 17.3 Å². The molecule has 18 heavy (non-hydrogen) atoms. The quantitative estimate of drug-likeness (QED) is 0.917. The van der Waals surface area contributed by atoms with Gasteiger partial charge in [-0.25, -0.2) is 4.98 Å². The van der Waals surface area contributed by atoms with Crippen LogP contribution in [0, 0.1) is 6.92 Å². The number of ether oxygens (including phenoxy) is 1. The van der Waals surface area contributed by atoms with E-state index in [9.17, 15) is 0 Å². The number of hydrogen-bond donors (Lipinski definition) is 1. The van der Waals surface area contributed by atoms with Crippen LogP contribution < -0.4 is 10.1 Å². The van der Waals surface area contributed by atoms with E-state index < -0.39 is 0 Å². The van der Waals surface area contributed by atoms with Crippen LogP contribution in [-0.2, 0) is 19.5 Å². The van der Waals surface area contributed by atoms with Crippen LogP contribution in [-0.4, -0.2) is 11.6 Å². The van der Waals surface area contributed by atoms with Gasteiger partial charge in [0, 0.05) is 24.9 Å². The lowest BCUT2D eigenvalue weighted by molar-refractivity contribution is 0.357. The Morgan fingerprint density at radius 1 is 1.39 bits per heavy atom. The number of aryl methyl sites for hydroxylation is 1. The van der Waals surface area contributed by atoms with Gasteiger partial charge in [0.15, 0.2) is 0 Å². The molecule has 3 rings (SSSR count). The van der Waals surface area contributed by atoms with Crippen LogP contribution in [0.3, 0.4) is 0 Å². The molecule has 2 aromatic rings. The van der Waals surface area contributed by atoms with Crippen LogP contribution in [0.25, 0.3) is 0 Å². The van der Waals surface area contributed by atoms with Gasteiger partial charge in [0.1, 0.15) is 5.75 Å². The zero-order chi connectivity index (χ0) is 12.4. The summed E-state index contributed by atoms with van der Waals surface area (Å²) in [5.74, 6) is 1.05. The average Bonchev–Trinajstić information content (AvgIpc) is 2.97. The van der Waals surface area contributed by atoms with Crippen LogP contribution in [0.2, 0.25) is 0 Å². The monoisotopic (exact) mass is 260 g/mol. The number of hydrogen-bond acceptors (Lipinski definition) is 4. The summed E-state index contributed by atoms with van der Waals surface area (Å²) in [5, 5.41) is 6.66. The van der Waals surface area contributed by atoms with Gasteiger partial charge in [-0.05, 0) is 24.1 Å². The zero-order valence-corrected chi connectivity index (χ0v) is 11.2. The smallest absolute Gasteiger partial charge is 0.122 e. The minimum Gasteiger partial charge on any atom is -0.493 e. The van der Waals surface area contributed by atoms with E-state index in [2.05, 4.69) is 33.9 Å². The molecular weight excluding hydrogens is 244 g/mol. The first-order valence-corrected chi connectivity index (χ1v) is 7.05. The Bertz CT molecular complexity index is 550. The van der Waals surface area contributed by atoms with Crippen LogP contribution in [0.5, 0.6) is 5.75 Å². The summed E-state index contributed by atoms with van der Waals surface area (Å²) in [7, 11) is 0. The van der Waals surface area contributed by atoms with Crippen LogP contribution in [0.4, 0.5) is 0 Å². The van der Waals surface area contributed by atoms with E-state index in [0.29, 0.717) is 0 Å². The van der Waals surface area contributed by atoms with E-state index in [1.807, 2.05) is 6.92 Å². The number of nitrogens with zero attached hydrogens (tertiary/aromatic N) is 1. The first-order chi connectivity index (χ1) is 8.81. The number of thiazole rings is 1. The molecule has 0 spiro atoms. The molecule has 1 aromatic carbocycles. The maximum absolute atomic E-state index is 5.50. The number of fused-ring (bicyclic) bond motifs is 1. The predicted molar refractivity (Wildman–Crippen MR) is 73.0 cm³/mol. The van der Waals surface area contributed by atoms with Gasteiger partial charge in [-0.15, -0.1) is 11.3 Å². The highest BCUT2D eigenvalue weighted by molar-refractivity contribution is 7.09. The van der Waals surface area contributed by atoms with Gasteiger partial charge in [-0.3, -0.25) is 0 Å². The summed E-state index contributed by atoms with van der Waals surface area (Å²) in [6, 6.07) is 6.44. The van der Waals surface area contributed by atoms with Gasteiger partial charge >= 0.3 is 0 Å². The fourth-order valence-electron chi connectivity index (χ4n) is 2.17. The third-order valence-electron chi connectivity index (χ3n) is 3.06. The van der Waals surface area contributed by atoms with Crippen LogP contribution >= 0.6 is 11.3 Å². The molecule has 1 N–H and O–H groups in total. The maximum Gasteiger partial charge on any atom is 0.122 e. The number of rotatable bonds is 4. The normalized spacial score (nSPS) is 13.4. The Balaban J connectivity index is 1.57. The molecule has 0 radical (unpaired) electrons. The van der Waals surface area contributed by atoms with Crippen LogP contribution in [0.15, 0.2) is 23.6 Å². The summed E-state index contributed by atoms with van der Waals surface area (Å²) in [6.07, 6.45) is 1.04. The Morgan fingerprint density at radius 2 is 2.33 bits per heavy atom. The molecule has 94 valence electrons. The lowest BCUT2D eigenvalue weighted by Crippen LogP contribution is -2.13. The largest absolute Gasteiger partial charge is 0.493 e. The highest BCUT2D eigenvalue weighted by Gasteiger charge is 2.11. The lowest BCUT2D eigenvalue weighted by Gasteiger charge is -2.05. The van der Waals surface area contributed by atoms with Crippen molar-refractivity contribution >= 4 is 11.3 Å². The SMILES string of the molecule is Cc1nc(CNCc2ccc3c(c2)CCO3)cs1. The fraction of sp³-hybridized carbons (Fsp3) is 0.357. The Labute approximate surface area is 111 Å². The fourth-order valence-corrected chi connectivity index (χ4v) is 2.79. The van der Waals surface area contributed by atoms with Crippen molar-refractivity contribution in [3.05, 3.63) is 45.4 Å². The third-order valence-corrected chi connectivity index (χ3v) is 3.88. The molecule has 0 atom stereocenters. The zero-order valence-electron chi connectivity index (χ0n) is 10.4. The molecule has 0 unspecified atom stereocenters. The summed E-state index contributed by atoms with van der Waals surface area (Å²) in [4.78, 5) is 4.44. The van der Waals surface area contributed by atoms with Crippen molar-refractivity contribution in [3.8, 4) is 5.75 Å². The van der Waals surface area contributed by atoms with Crippen molar-refractivity contribution < 1.29 is 4.74 Å². The second-order valence-electron chi connectivity index (χ2n) is 4.50. The summed E-state index contributed by atoms with van der Waals surface area (Å²) >= 11 is 1.70. The van der Waals surface area contributed by atoms with E-state index in [-0.39, 0.29) is 0 Å². The van der Waals surface area contributed by atoms with Gasteiger partial charge in [0.2, 0.25) is 0 Å². The van der Waals surface area contributed by atoms with Crippen molar-refractivity contribution in [2.75, 3.05) is 6.61 Å². The molecular formula is C14H16N2OS. The van der Waals surface area contributed by atoms with Crippen LogP contribution in [0.1, 0.15) is 21.8 Å². The molecule has 0 saturated heterocycles. The molecule has 2 heterocycles. The Hall–Kier alpha value is -1.39. The Kier molecular flexibility index (Phi) is 3.30. The minimum atomic E-state index is 0.824. The molecule has 1 aromatic heterocycles. The van der Waals surface area contributed by atoms with Crippen molar-refractivity contribution in [2.45, 2.75) is 26.4 Å². The molecule has 0 aliphatic carbocycles. The van der Waals surface area contributed by atoms with E-state index in [0.717, 1.165) is 42.6 Å². The van der Waals surface area contributed by atoms with Gasteiger partial charge in [-0.2, -0.15) is 0 Å². The maximum atomic E-state index is 5.50. The summed E-state index contributed by atoms with van der Waals surface area (Å²) < 4.78 is 5.50. The lowest BCUT2D eigenvalue weighted by atomic mass is 10.1. The van der Waals surface area contributed by atoms with E-state index in [1.165, 1.54) is 11.1 Å². The van der Waals surface area contributed by atoms with Crippen molar-refractivity contribution in [1.82, 2.24) is 10.3 Å². The number of nitrogens with one attached hydrogen (secondary N) is 1. The second kappa shape index (κ2) is 5.08. The molecule has 0 fully saturated rings. The first kappa shape index (κ1) is 11.7. The van der Waals surface area contributed by atoms with E-state index >= 15 is 0 Å². The molecule has 3 nitrogen and oxygen atoms in total. The summed E-state index contributed by atoms with van der Waals surface area (Å²) in [5.41, 5.74) is 3.77. The number of benzene rings is 1. The number of aromatic nitrogens is 1. The second-order valence-corrected chi connectivity index (χ2v) is 5.56.